The zero-order chi connectivity index (χ0) is 6.91. The molecule has 9 heavy (non-hydrogen) atoms. The van der Waals surface area contributed by atoms with Crippen LogP contribution in [0.5, 0.6) is 0 Å². The highest BCUT2D eigenvalue weighted by Crippen LogP contribution is 2.28. The Labute approximate surface area is 66.0 Å². The predicted molar refractivity (Wildman–Crippen MR) is 45.3 cm³/mol. The molecule has 0 N–H and O–H groups in total. The third-order valence-corrected chi connectivity index (χ3v) is 2.63. The van der Waals surface area contributed by atoms with E-state index in [1.807, 2.05) is 31.2 Å². The number of halogens is 1. The average molecular weight is 161 g/mol. The van der Waals surface area contributed by atoms with E-state index in [-0.39, 0.29) is 10.1 Å². The average Bonchev–Trinajstić information content (AvgIpc) is 1.77. The van der Waals surface area contributed by atoms with Crippen molar-refractivity contribution in [3.8, 4) is 0 Å². The van der Waals surface area contributed by atoms with Crippen LogP contribution < -0.4 is 0 Å². The topological polar surface area (TPSA) is 0 Å². The van der Waals surface area contributed by atoms with Crippen LogP contribution in [0.3, 0.4) is 0 Å². The summed E-state index contributed by atoms with van der Waals surface area (Å²) in [5, 5.41) is 0.143. The van der Waals surface area contributed by atoms with Crippen LogP contribution >= 0.6 is 24.2 Å². The third kappa shape index (κ3) is 1.53. The summed E-state index contributed by atoms with van der Waals surface area (Å²) < 4.78 is 0. The molecule has 1 rings (SSSR count). The van der Waals surface area contributed by atoms with Gasteiger partial charge in [-0.3, -0.25) is 0 Å². The fraction of sp³-hybridized carbons (Fsp3) is 0.429. The summed E-state index contributed by atoms with van der Waals surface area (Å²) in [6.45, 7) is 1.95. The fourth-order valence-electron chi connectivity index (χ4n) is 0.700. The molecule has 0 aromatic carbocycles. The third-order valence-electron chi connectivity index (χ3n) is 1.40. The first-order chi connectivity index (χ1) is 4.13. The molecule has 0 heterocycles. The van der Waals surface area contributed by atoms with Crippen LogP contribution in [0.25, 0.3) is 0 Å². The van der Waals surface area contributed by atoms with Crippen molar-refractivity contribution in [3.05, 3.63) is 24.3 Å². The van der Waals surface area contributed by atoms with Crippen molar-refractivity contribution in [2.75, 3.05) is 0 Å². The van der Waals surface area contributed by atoms with Crippen molar-refractivity contribution in [3.63, 3.8) is 0 Å². The number of thiol groups is 1. The van der Waals surface area contributed by atoms with Crippen molar-refractivity contribution in [1.82, 2.24) is 0 Å². The summed E-state index contributed by atoms with van der Waals surface area (Å²) in [5.74, 6) is 0. The highest BCUT2D eigenvalue weighted by Gasteiger charge is 2.25. The Morgan fingerprint density at radius 3 is 2.56 bits per heavy atom. The predicted octanol–water partition coefficient (Wildman–Crippen LogP) is 2.41. The highest BCUT2D eigenvalue weighted by molar-refractivity contribution is 7.81. The second kappa shape index (κ2) is 2.39. The molecule has 0 fully saturated rings. The van der Waals surface area contributed by atoms with Gasteiger partial charge in [-0.25, -0.2) is 0 Å². The van der Waals surface area contributed by atoms with E-state index in [1.54, 1.807) is 0 Å². The number of rotatable bonds is 0. The van der Waals surface area contributed by atoms with E-state index in [0.717, 1.165) is 0 Å². The van der Waals surface area contributed by atoms with Crippen LogP contribution in [0, 0.1) is 0 Å². The standard InChI is InChI=1S/C7H9ClS/c1-7(8)5-3-2-4-6(7)9/h2-6,9H,1H3. The van der Waals surface area contributed by atoms with Gasteiger partial charge < -0.3 is 0 Å². The molecule has 0 nitrogen and oxygen atoms in total. The normalized spacial score (nSPS) is 41.4. The SMILES string of the molecule is CC1(Cl)C=CC=CC1S. The van der Waals surface area contributed by atoms with Crippen LogP contribution in [0.2, 0.25) is 0 Å². The molecule has 0 amide bonds. The molecule has 0 aromatic rings. The van der Waals surface area contributed by atoms with Crippen LogP contribution in [0.4, 0.5) is 0 Å². The Balaban J connectivity index is 2.78. The molecule has 0 spiro atoms. The van der Waals surface area contributed by atoms with Crippen molar-refractivity contribution < 1.29 is 0 Å². The number of hydrogen-bond donors (Lipinski definition) is 1. The quantitative estimate of drug-likeness (QED) is 0.409. The van der Waals surface area contributed by atoms with Crippen LogP contribution in [-0.2, 0) is 0 Å². The highest BCUT2D eigenvalue weighted by atomic mass is 35.5. The van der Waals surface area contributed by atoms with E-state index < -0.39 is 0 Å². The molecule has 2 unspecified atom stereocenters. The van der Waals surface area contributed by atoms with E-state index in [9.17, 15) is 0 Å². The summed E-state index contributed by atoms with van der Waals surface area (Å²) >= 11 is 10.3. The molecule has 0 aliphatic heterocycles. The smallest absolute Gasteiger partial charge is 0.0751 e. The Morgan fingerprint density at radius 1 is 1.56 bits per heavy atom. The lowest BCUT2D eigenvalue weighted by atomic mass is 10.0. The van der Waals surface area contributed by atoms with Gasteiger partial charge in [0.25, 0.3) is 0 Å². The first-order valence-corrected chi connectivity index (χ1v) is 3.75. The maximum absolute atomic E-state index is 6.01. The van der Waals surface area contributed by atoms with Gasteiger partial charge in [-0.05, 0) is 6.92 Å². The van der Waals surface area contributed by atoms with Gasteiger partial charge in [0.1, 0.15) is 0 Å². The minimum absolute atomic E-state index is 0.143. The number of alkyl halides is 1. The largest absolute Gasteiger partial charge is 0.170 e. The Bertz CT molecular complexity index is 158. The number of hydrogen-bond acceptors (Lipinski definition) is 1. The fourth-order valence-corrected chi connectivity index (χ4v) is 1.03. The molecule has 1 aliphatic rings. The molecule has 0 saturated carbocycles. The van der Waals surface area contributed by atoms with Crippen molar-refractivity contribution >= 4 is 24.2 Å². The molecule has 0 aromatic heterocycles. The molecule has 2 atom stereocenters. The van der Waals surface area contributed by atoms with Crippen molar-refractivity contribution in [2.24, 2.45) is 0 Å². The lowest BCUT2D eigenvalue weighted by Crippen LogP contribution is -2.26. The van der Waals surface area contributed by atoms with Gasteiger partial charge in [0.2, 0.25) is 0 Å². The van der Waals surface area contributed by atoms with Crippen LogP contribution in [0.15, 0.2) is 24.3 Å². The van der Waals surface area contributed by atoms with Crippen molar-refractivity contribution in [1.29, 1.82) is 0 Å². The van der Waals surface area contributed by atoms with Gasteiger partial charge in [-0.15, -0.1) is 11.6 Å². The van der Waals surface area contributed by atoms with E-state index in [2.05, 4.69) is 12.6 Å². The molecule has 0 bridgehead atoms. The monoisotopic (exact) mass is 160 g/mol. The van der Waals surface area contributed by atoms with Gasteiger partial charge >= 0.3 is 0 Å². The molecule has 0 saturated heterocycles. The van der Waals surface area contributed by atoms with Gasteiger partial charge in [0.15, 0.2) is 0 Å². The molecular weight excluding hydrogens is 152 g/mol. The van der Waals surface area contributed by atoms with Gasteiger partial charge in [-0.1, -0.05) is 24.3 Å². The Morgan fingerprint density at radius 2 is 2.22 bits per heavy atom. The second-order valence-electron chi connectivity index (χ2n) is 2.34. The lowest BCUT2D eigenvalue weighted by Gasteiger charge is -2.24. The zero-order valence-electron chi connectivity index (χ0n) is 5.21. The molecular formula is C7H9ClS. The van der Waals surface area contributed by atoms with E-state index >= 15 is 0 Å². The Hall–Kier alpha value is 0.120. The molecule has 1 aliphatic carbocycles. The molecule has 2 heteroatoms. The first kappa shape index (κ1) is 7.23. The maximum Gasteiger partial charge on any atom is 0.0751 e. The molecule has 0 radical (unpaired) electrons. The van der Waals surface area contributed by atoms with Crippen molar-refractivity contribution in [2.45, 2.75) is 17.0 Å². The van der Waals surface area contributed by atoms with E-state index in [4.69, 9.17) is 11.6 Å². The van der Waals surface area contributed by atoms with Gasteiger partial charge in [0, 0.05) is 5.25 Å². The summed E-state index contributed by atoms with van der Waals surface area (Å²) in [5.41, 5.74) is 0. The molecule has 50 valence electrons. The van der Waals surface area contributed by atoms with Gasteiger partial charge in [0.05, 0.1) is 4.87 Å². The lowest BCUT2D eigenvalue weighted by molar-refractivity contribution is 0.803. The van der Waals surface area contributed by atoms with E-state index in [0.29, 0.717) is 0 Å². The zero-order valence-corrected chi connectivity index (χ0v) is 6.86. The van der Waals surface area contributed by atoms with Crippen LogP contribution in [-0.4, -0.2) is 10.1 Å². The van der Waals surface area contributed by atoms with E-state index in [1.165, 1.54) is 0 Å². The summed E-state index contributed by atoms with van der Waals surface area (Å²) in [6, 6.07) is 0. The number of allylic oxidation sites excluding steroid dienone is 3. The second-order valence-corrected chi connectivity index (χ2v) is 3.71. The minimum atomic E-state index is -0.294. The van der Waals surface area contributed by atoms with Gasteiger partial charge in [-0.2, -0.15) is 12.6 Å². The first-order valence-electron chi connectivity index (χ1n) is 2.86. The summed E-state index contributed by atoms with van der Waals surface area (Å²) in [4.78, 5) is -0.294. The maximum atomic E-state index is 6.01. The Kier molecular flexibility index (Phi) is 1.92. The summed E-state index contributed by atoms with van der Waals surface area (Å²) in [7, 11) is 0. The van der Waals surface area contributed by atoms with Crippen LogP contribution in [0.1, 0.15) is 6.92 Å². The summed E-state index contributed by atoms with van der Waals surface area (Å²) in [6.07, 6.45) is 7.84. The minimum Gasteiger partial charge on any atom is -0.170 e.